The Hall–Kier alpha value is -0.940. The first-order valence-electron chi connectivity index (χ1n) is 6.52. The van der Waals surface area contributed by atoms with Crippen LogP contribution in [0.15, 0.2) is 6.20 Å². The fourth-order valence-corrected chi connectivity index (χ4v) is 4.16. The van der Waals surface area contributed by atoms with Gasteiger partial charge in [0.15, 0.2) is 0 Å². The SMILES string of the molecule is COc1c(C)cnc(C[S@](=O)[C@H]2CCO[C@H]2C)c1C. The van der Waals surface area contributed by atoms with Crippen molar-refractivity contribution in [1.29, 1.82) is 0 Å². The quantitative estimate of drug-likeness (QED) is 0.849. The van der Waals surface area contributed by atoms with Gasteiger partial charge in [-0.2, -0.15) is 0 Å². The highest BCUT2D eigenvalue weighted by Crippen LogP contribution is 2.27. The molecular formula is C14H21NO3S. The van der Waals surface area contributed by atoms with Crippen LogP contribution in [0.1, 0.15) is 30.2 Å². The predicted molar refractivity (Wildman–Crippen MR) is 75.9 cm³/mol. The van der Waals surface area contributed by atoms with E-state index in [0.717, 1.165) is 29.0 Å². The minimum Gasteiger partial charge on any atom is -0.496 e. The van der Waals surface area contributed by atoms with Gasteiger partial charge in [-0.05, 0) is 27.2 Å². The molecule has 0 spiro atoms. The van der Waals surface area contributed by atoms with E-state index in [1.165, 1.54) is 0 Å². The zero-order valence-corrected chi connectivity index (χ0v) is 12.8. The number of methoxy groups -OCH3 is 1. The Morgan fingerprint density at radius 1 is 1.53 bits per heavy atom. The second kappa shape index (κ2) is 6.01. The van der Waals surface area contributed by atoms with Crippen LogP contribution in [0.4, 0.5) is 0 Å². The van der Waals surface area contributed by atoms with E-state index >= 15 is 0 Å². The van der Waals surface area contributed by atoms with Crippen LogP contribution in [0.3, 0.4) is 0 Å². The van der Waals surface area contributed by atoms with Crippen molar-refractivity contribution >= 4 is 10.8 Å². The van der Waals surface area contributed by atoms with Gasteiger partial charge >= 0.3 is 0 Å². The summed E-state index contributed by atoms with van der Waals surface area (Å²) in [5.74, 6) is 1.32. The van der Waals surface area contributed by atoms with Gasteiger partial charge in [-0.3, -0.25) is 9.19 Å². The Morgan fingerprint density at radius 3 is 2.84 bits per heavy atom. The van der Waals surface area contributed by atoms with Crippen LogP contribution < -0.4 is 4.74 Å². The molecule has 2 heterocycles. The molecule has 1 aromatic heterocycles. The summed E-state index contributed by atoms with van der Waals surface area (Å²) in [6.07, 6.45) is 2.73. The Morgan fingerprint density at radius 2 is 2.26 bits per heavy atom. The summed E-state index contributed by atoms with van der Waals surface area (Å²) in [6.45, 7) is 6.64. The highest BCUT2D eigenvalue weighted by molar-refractivity contribution is 7.84. The van der Waals surface area contributed by atoms with Crippen molar-refractivity contribution in [2.75, 3.05) is 13.7 Å². The zero-order valence-electron chi connectivity index (χ0n) is 11.9. The third kappa shape index (κ3) is 2.98. The van der Waals surface area contributed by atoms with Crippen molar-refractivity contribution in [3.05, 3.63) is 23.0 Å². The average Bonchev–Trinajstić information content (AvgIpc) is 2.80. The van der Waals surface area contributed by atoms with Gasteiger partial charge < -0.3 is 9.47 Å². The van der Waals surface area contributed by atoms with Crippen molar-refractivity contribution in [3.63, 3.8) is 0 Å². The molecule has 0 bridgehead atoms. The lowest BCUT2D eigenvalue weighted by Gasteiger charge is -2.16. The second-order valence-electron chi connectivity index (χ2n) is 4.97. The number of aromatic nitrogens is 1. The van der Waals surface area contributed by atoms with Gasteiger partial charge in [-0.1, -0.05) is 0 Å². The predicted octanol–water partition coefficient (Wildman–Crippen LogP) is 2.13. The van der Waals surface area contributed by atoms with Crippen LogP contribution in [0.2, 0.25) is 0 Å². The van der Waals surface area contributed by atoms with E-state index in [1.807, 2.05) is 20.8 Å². The molecule has 1 aromatic rings. The molecule has 4 nitrogen and oxygen atoms in total. The topological polar surface area (TPSA) is 48.4 Å². The Labute approximate surface area is 117 Å². The molecule has 1 aliphatic heterocycles. The number of hydrogen-bond donors (Lipinski definition) is 0. The number of aryl methyl sites for hydroxylation is 1. The third-order valence-electron chi connectivity index (χ3n) is 3.67. The number of ether oxygens (including phenoxy) is 2. The standard InChI is InChI=1S/C14H21NO3S/c1-9-7-15-12(10(2)14(9)17-4)8-19(16)13-5-6-18-11(13)3/h7,11,13H,5-6,8H2,1-4H3/t11-,13-,19-/m0/s1. The van der Waals surface area contributed by atoms with E-state index in [-0.39, 0.29) is 11.4 Å². The van der Waals surface area contributed by atoms with Crippen molar-refractivity contribution < 1.29 is 13.7 Å². The fourth-order valence-electron chi connectivity index (χ4n) is 2.52. The molecule has 2 rings (SSSR count). The molecule has 106 valence electrons. The summed E-state index contributed by atoms with van der Waals surface area (Å²) >= 11 is 0. The molecule has 0 aromatic carbocycles. The average molecular weight is 283 g/mol. The Balaban J connectivity index is 2.17. The van der Waals surface area contributed by atoms with Crippen molar-refractivity contribution in [2.24, 2.45) is 0 Å². The minimum atomic E-state index is -0.947. The van der Waals surface area contributed by atoms with Crippen molar-refractivity contribution in [1.82, 2.24) is 4.98 Å². The summed E-state index contributed by atoms with van der Waals surface area (Å²) in [6, 6.07) is 0. The van der Waals surface area contributed by atoms with Gasteiger partial charge in [0.1, 0.15) is 5.75 Å². The molecule has 0 saturated carbocycles. The highest BCUT2D eigenvalue weighted by atomic mass is 32.2. The lowest BCUT2D eigenvalue weighted by Crippen LogP contribution is -2.24. The van der Waals surface area contributed by atoms with Gasteiger partial charge in [-0.25, -0.2) is 0 Å². The molecule has 1 saturated heterocycles. The number of hydrogen-bond acceptors (Lipinski definition) is 4. The van der Waals surface area contributed by atoms with Crippen LogP contribution in [-0.2, 0) is 21.3 Å². The molecule has 0 aliphatic carbocycles. The molecule has 0 N–H and O–H groups in total. The first kappa shape index (κ1) is 14.5. The van der Waals surface area contributed by atoms with Gasteiger partial charge in [0.25, 0.3) is 0 Å². The lowest BCUT2D eigenvalue weighted by atomic mass is 10.1. The molecule has 1 aliphatic rings. The second-order valence-corrected chi connectivity index (χ2v) is 6.63. The van der Waals surface area contributed by atoms with E-state index in [4.69, 9.17) is 9.47 Å². The maximum Gasteiger partial charge on any atom is 0.128 e. The monoisotopic (exact) mass is 283 g/mol. The largest absolute Gasteiger partial charge is 0.496 e. The molecule has 1 fully saturated rings. The van der Waals surface area contributed by atoms with Crippen LogP contribution in [0, 0.1) is 13.8 Å². The molecule has 0 amide bonds. The van der Waals surface area contributed by atoms with Gasteiger partial charge in [-0.15, -0.1) is 0 Å². The molecule has 3 atom stereocenters. The van der Waals surface area contributed by atoms with Crippen LogP contribution in [0.5, 0.6) is 5.75 Å². The van der Waals surface area contributed by atoms with E-state index in [1.54, 1.807) is 13.3 Å². The summed E-state index contributed by atoms with van der Waals surface area (Å²) < 4.78 is 23.3. The van der Waals surface area contributed by atoms with E-state index in [0.29, 0.717) is 12.4 Å². The van der Waals surface area contributed by atoms with E-state index < -0.39 is 10.8 Å². The van der Waals surface area contributed by atoms with Gasteiger partial charge in [0.2, 0.25) is 0 Å². The molecule has 19 heavy (non-hydrogen) atoms. The Kier molecular flexibility index (Phi) is 4.58. The van der Waals surface area contributed by atoms with E-state index in [9.17, 15) is 4.21 Å². The number of pyridine rings is 1. The molecular weight excluding hydrogens is 262 g/mol. The first-order chi connectivity index (χ1) is 9.04. The normalized spacial score (nSPS) is 24.4. The number of rotatable bonds is 4. The van der Waals surface area contributed by atoms with Crippen LogP contribution >= 0.6 is 0 Å². The zero-order chi connectivity index (χ0) is 14.0. The lowest BCUT2D eigenvalue weighted by molar-refractivity contribution is 0.127. The molecule has 5 heteroatoms. The maximum absolute atomic E-state index is 12.4. The summed E-state index contributed by atoms with van der Waals surface area (Å²) in [7, 11) is 0.709. The highest BCUT2D eigenvalue weighted by Gasteiger charge is 2.30. The summed E-state index contributed by atoms with van der Waals surface area (Å²) in [4.78, 5) is 4.41. The summed E-state index contributed by atoms with van der Waals surface area (Å²) in [5.41, 5.74) is 2.86. The first-order valence-corrected chi connectivity index (χ1v) is 7.90. The third-order valence-corrected chi connectivity index (χ3v) is 5.53. The molecule has 0 unspecified atom stereocenters. The minimum absolute atomic E-state index is 0.0773. The summed E-state index contributed by atoms with van der Waals surface area (Å²) in [5, 5.41) is 0.119. The fraction of sp³-hybridized carbons (Fsp3) is 0.643. The van der Waals surface area contributed by atoms with E-state index in [2.05, 4.69) is 4.98 Å². The molecule has 0 radical (unpaired) electrons. The van der Waals surface area contributed by atoms with Crippen LogP contribution in [0.25, 0.3) is 0 Å². The van der Waals surface area contributed by atoms with Crippen LogP contribution in [-0.4, -0.2) is 34.3 Å². The smallest absolute Gasteiger partial charge is 0.128 e. The van der Waals surface area contributed by atoms with Gasteiger partial charge in [0, 0.05) is 34.7 Å². The van der Waals surface area contributed by atoms with Crippen molar-refractivity contribution in [3.8, 4) is 5.75 Å². The maximum atomic E-state index is 12.4. The van der Waals surface area contributed by atoms with Gasteiger partial charge in [0.05, 0.1) is 29.9 Å². The Bertz CT molecular complexity index is 490. The van der Waals surface area contributed by atoms with Crippen molar-refractivity contribution in [2.45, 2.75) is 44.3 Å². The number of nitrogens with zero attached hydrogens (tertiary/aromatic N) is 1.